The second-order valence-electron chi connectivity index (χ2n) is 6.69. The van der Waals surface area contributed by atoms with Crippen molar-refractivity contribution in [2.24, 2.45) is 0 Å². The van der Waals surface area contributed by atoms with Crippen LogP contribution in [0, 0.1) is 6.92 Å². The molecule has 27 heavy (non-hydrogen) atoms. The van der Waals surface area contributed by atoms with Gasteiger partial charge in [0.05, 0.1) is 0 Å². The van der Waals surface area contributed by atoms with E-state index in [-0.39, 0.29) is 11.9 Å². The number of rotatable bonds is 6. The second-order valence-corrected chi connectivity index (χ2v) is 6.69. The predicted molar refractivity (Wildman–Crippen MR) is 111 cm³/mol. The Morgan fingerprint density at radius 1 is 1.26 bits per heavy atom. The molecule has 6 nitrogen and oxygen atoms in total. The molecule has 3 rings (SSSR count). The summed E-state index contributed by atoms with van der Waals surface area (Å²) in [5.74, 6) is 0.466. The van der Waals surface area contributed by atoms with E-state index in [4.69, 9.17) is 5.73 Å². The van der Waals surface area contributed by atoms with E-state index in [9.17, 15) is 4.79 Å². The lowest BCUT2D eigenvalue weighted by Crippen LogP contribution is -2.29. The van der Waals surface area contributed by atoms with Gasteiger partial charge in [-0.15, -0.1) is 0 Å². The van der Waals surface area contributed by atoms with Gasteiger partial charge in [0.25, 0.3) is 0 Å². The molecule has 1 amide bonds. The fraction of sp³-hybridized carbons (Fsp3) is 0.286. The van der Waals surface area contributed by atoms with Crippen LogP contribution in [0.2, 0.25) is 0 Å². The standard InChI is InChI=1S/C21H25N5O/c1-4-16(23-3)10-21(27)26-20-9-15-7-14(8-19(22)18(15)12-25-20)17-11-24-6-5-13(17)2/h5-9,11-12,16,23H,4,10,22H2,1-3H3,(H,25,26,27). The predicted octanol–water partition coefficient (Wildman–Crippen LogP) is 3.51. The average Bonchev–Trinajstić information content (AvgIpc) is 2.66. The van der Waals surface area contributed by atoms with Crippen molar-refractivity contribution in [1.29, 1.82) is 0 Å². The van der Waals surface area contributed by atoms with Gasteiger partial charge >= 0.3 is 0 Å². The van der Waals surface area contributed by atoms with Crippen molar-refractivity contribution in [2.75, 3.05) is 18.1 Å². The number of amides is 1. The molecule has 0 aliphatic carbocycles. The Labute approximate surface area is 159 Å². The molecule has 3 aromatic rings. The molecule has 0 fully saturated rings. The van der Waals surface area contributed by atoms with Crippen LogP contribution in [0.25, 0.3) is 21.9 Å². The number of anilines is 2. The fourth-order valence-corrected chi connectivity index (χ4v) is 3.14. The van der Waals surface area contributed by atoms with Crippen molar-refractivity contribution < 1.29 is 4.79 Å². The molecule has 0 spiro atoms. The summed E-state index contributed by atoms with van der Waals surface area (Å²) in [5.41, 5.74) is 10.1. The number of nitrogens with zero attached hydrogens (tertiary/aromatic N) is 2. The third-order valence-corrected chi connectivity index (χ3v) is 4.82. The van der Waals surface area contributed by atoms with Crippen LogP contribution in [0.1, 0.15) is 25.3 Å². The topological polar surface area (TPSA) is 92.9 Å². The maximum Gasteiger partial charge on any atom is 0.227 e. The molecule has 0 saturated carbocycles. The van der Waals surface area contributed by atoms with Crippen molar-refractivity contribution in [3.8, 4) is 11.1 Å². The molecule has 6 heteroatoms. The first-order chi connectivity index (χ1) is 13.0. The Morgan fingerprint density at radius 3 is 2.78 bits per heavy atom. The molecule has 1 atom stereocenters. The van der Waals surface area contributed by atoms with Gasteiger partial charge in [-0.2, -0.15) is 0 Å². The first-order valence-electron chi connectivity index (χ1n) is 9.09. The van der Waals surface area contributed by atoms with Gasteiger partial charge in [0.1, 0.15) is 5.82 Å². The highest BCUT2D eigenvalue weighted by atomic mass is 16.1. The molecular formula is C21H25N5O. The molecule has 0 aliphatic rings. The van der Waals surface area contributed by atoms with E-state index in [1.165, 1.54) is 0 Å². The lowest BCUT2D eigenvalue weighted by Gasteiger charge is -2.14. The molecule has 0 saturated heterocycles. The van der Waals surface area contributed by atoms with Crippen LogP contribution in [-0.4, -0.2) is 29.0 Å². The quantitative estimate of drug-likeness (QED) is 0.583. The number of benzene rings is 1. The average molecular weight is 363 g/mol. The van der Waals surface area contributed by atoms with E-state index >= 15 is 0 Å². The number of aryl methyl sites for hydroxylation is 1. The van der Waals surface area contributed by atoms with Gasteiger partial charge in [-0.1, -0.05) is 6.92 Å². The molecule has 2 aromatic heterocycles. The maximum atomic E-state index is 12.3. The third kappa shape index (κ3) is 4.23. The van der Waals surface area contributed by atoms with Crippen LogP contribution in [0.15, 0.2) is 42.9 Å². The summed E-state index contributed by atoms with van der Waals surface area (Å²) in [6, 6.07) is 7.97. The van der Waals surface area contributed by atoms with Gasteiger partial charge in [-0.3, -0.25) is 9.78 Å². The molecule has 1 unspecified atom stereocenters. The smallest absolute Gasteiger partial charge is 0.227 e. The summed E-state index contributed by atoms with van der Waals surface area (Å²) < 4.78 is 0. The first-order valence-corrected chi connectivity index (χ1v) is 9.09. The largest absolute Gasteiger partial charge is 0.398 e. The number of pyridine rings is 2. The molecule has 0 aliphatic heterocycles. The molecule has 0 bridgehead atoms. The maximum absolute atomic E-state index is 12.3. The Balaban J connectivity index is 1.92. The number of aromatic nitrogens is 2. The number of hydrogen-bond acceptors (Lipinski definition) is 5. The molecular weight excluding hydrogens is 338 g/mol. The van der Waals surface area contributed by atoms with Crippen LogP contribution in [-0.2, 0) is 4.79 Å². The summed E-state index contributed by atoms with van der Waals surface area (Å²) in [6.07, 6.45) is 6.61. The van der Waals surface area contributed by atoms with Gasteiger partial charge < -0.3 is 16.4 Å². The zero-order valence-electron chi connectivity index (χ0n) is 15.9. The minimum Gasteiger partial charge on any atom is -0.398 e. The summed E-state index contributed by atoms with van der Waals surface area (Å²) >= 11 is 0. The van der Waals surface area contributed by atoms with E-state index in [1.54, 1.807) is 12.4 Å². The Hall–Kier alpha value is -2.99. The number of nitrogen functional groups attached to an aromatic ring is 1. The second kappa shape index (κ2) is 8.14. The van der Waals surface area contributed by atoms with Gasteiger partial charge in [-0.05, 0) is 61.2 Å². The monoisotopic (exact) mass is 363 g/mol. The highest BCUT2D eigenvalue weighted by molar-refractivity contribution is 5.99. The Morgan fingerprint density at radius 2 is 2.07 bits per heavy atom. The van der Waals surface area contributed by atoms with Crippen LogP contribution in [0.3, 0.4) is 0 Å². The summed E-state index contributed by atoms with van der Waals surface area (Å²) in [6.45, 7) is 4.09. The SMILES string of the molecule is CCC(CC(=O)Nc1cc2cc(-c3cnccc3C)cc(N)c2cn1)NC. The number of fused-ring (bicyclic) bond motifs is 1. The van der Waals surface area contributed by atoms with Gasteiger partial charge in [0.15, 0.2) is 0 Å². The summed E-state index contributed by atoms with van der Waals surface area (Å²) in [7, 11) is 1.86. The van der Waals surface area contributed by atoms with Crippen LogP contribution in [0.5, 0.6) is 0 Å². The Kier molecular flexibility index (Phi) is 5.66. The van der Waals surface area contributed by atoms with Crippen molar-refractivity contribution >= 4 is 28.2 Å². The fourth-order valence-electron chi connectivity index (χ4n) is 3.14. The summed E-state index contributed by atoms with van der Waals surface area (Å²) in [4.78, 5) is 20.8. The number of nitrogens with one attached hydrogen (secondary N) is 2. The van der Waals surface area contributed by atoms with Crippen molar-refractivity contribution in [1.82, 2.24) is 15.3 Å². The minimum atomic E-state index is -0.0599. The van der Waals surface area contributed by atoms with Gasteiger partial charge in [0.2, 0.25) is 5.91 Å². The van der Waals surface area contributed by atoms with Crippen LogP contribution < -0.4 is 16.4 Å². The third-order valence-electron chi connectivity index (χ3n) is 4.82. The first kappa shape index (κ1) is 18.8. The number of carbonyl (C=O) groups is 1. The van der Waals surface area contributed by atoms with E-state index in [0.717, 1.165) is 33.9 Å². The minimum absolute atomic E-state index is 0.0599. The molecule has 0 radical (unpaired) electrons. The zero-order valence-corrected chi connectivity index (χ0v) is 15.9. The van der Waals surface area contributed by atoms with E-state index in [1.807, 2.05) is 45.3 Å². The van der Waals surface area contributed by atoms with E-state index in [0.29, 0.717) is 17.9 Å². The number of hydrogen-bond donors (Lipinski definition) is 3. The highest BCUT2D eigenvalue weighted by Gasteiger charge is 2.12. The normalized spacial score (nSPS) is 12.1. The highest BCUT2D eigenvalue weighted by Crippen LogP contribution is 2.31. The zero-order chi connectivity index (χ0) is 19.4. The molecule has 2 heterocycles. The van der Waals surface area contributed by atoms with Crippen LogP contribution >= 0.6 is 0 Å². The van der Waals surface area contributed by atoms with E-state index < -0.39 is 0 Å². The molecule has 1 aromatic carbocycles. The number of carbonyl (C=O) groups excluding carboxylic acids is 1. The van der Waals surface area contributed by atoms with E-state index in [2.05, 4.69) is 26.7 Å². The van der Waals surface area contributed by atoms with Crippen LogP contribution in [0.4, 0.5) is 11.5 Å². The lowest BCUT2D eigenvalue weighted by atomic mass is 9.99. The molecule has 140 valence electrons. The molecule has 4 N–H and O–H groups in total. The van der Waals surface area contributed by atoms with Crippen molar-refractivity contribution in [2.45, 2.75) is 32.7 Å². The number of nitrogens with two attached hydrogens (primary N) is 1. The van der Waals surface area contributed by atoms with Crippen molar-refractivity contribution in [3.63, 3.8) is 0 Å². The summed E-state index contributed by atoms with van der Waals surface area (Å²) in [5, 5.41) is 7.80. The van der Waals surface area contributed by atoms with Gasteiger partial charge in [0, 0.05) is 47.7 Å². The Bertz CT molecular complexity index is 966. The van der Waals surface area contributed by atoms with Gasteiger partial charge in [-0.25, -0.2) is 4.98 Å². The van der Waals surface area contributed by atoms with Crippen molar-refractivity contribution in [3.05, 3.63) is 48.4 Å². The lowest BCUT2D eigenvalue weighted by molar-refractivity contribution is -0.116.